The molecule has 2 N–H and O–H groups in total. The number of rotatable bonds is 4. The van der Waals surface area contributed by atoms with E-state index in [2.05, 4.69) is 41.4 Å². The van der Waals surface area contributed by atoms with Gasteiger partial charge in [0.1, 0.15) is 0 Å². The van der Waals surface area contributed by atoms with Crippen LogP contribution in [0.3, 0.4) is 0 Å². The minimum absolute atomic E-state index is 0.0295. The quantitative estimate of drug-likeness (QED) is 0.852. The molecule has 0 atom stereocenters. The third-order valence-electron chi connectivity index (χ3n) is 3.81. The van der Waals surface area contributed by atoms with E-state index in [1.807, 2.05) is 11.6 Å². The molecule has 1 aromatic rings. The molecular weight excluding hydrogens is 266 g/mol. The highest BCUT2D eigenvalue weighted by Gasteiger charge is 2.21. The molecule has 0 spiro atoms. The zero-order chi connectivity index (χ0) is 15.5. The maximum atomic E-state index is 12.3. The highest BCUT2D eigenvalue weighted by Crippen LogP contribution is 2.18. The van der Waals surface area contributed by atoms with Crippen LogP contribution in [-0.4, -0.2) is 59.9 Å². The Bertz CT molecular complexity index is 483. The summed E-state index contributed by atoms with van der Waals surface area (Å²) in [7, 11) is 0. The first-order chi connectivity index (χ1) is 9.89. The lowest BCUT2D eigenvalue weighted by atomic mass is 10.1. The molecule has 2 heterocycles. The summed E-state index contributed by atoms with van der Waals surface area (Å²) in [4.78, 5) is 14.6. The van der Waals surface area contributed by atoms with E-state index in [4.69, 9.17) is 0 Å². The highest BCUT2D eigenvalue weighted by molar-refractivity contribution is 5.95. The summed E-state index contributed by atoms with van der Waals surface area (Å²) in [6.07, 6.45) is 1.67. The zero-order valence-corrected chi connectivity index (χ0v) is 13.6. The maximum Gasteiger partial charge on any atom is 0.254 e. The van der Waals surface area contributed by atoms with Crippen molar-refractivity contribution < 1.29 is 4.79 Å². The third-order valence-corrected chi connectivity index (χ3v) is 3.81. The van der Waals surface area contributed by atoms with Crippen LogP contribution in [-0.2, 0) is 5.54 Å². The van der Waals surface area contributed by atoms with Crippen molar-refractivity contribution in [1.82, 2.24) is 25.3 Å². The molecule has 1 aliphatic heterocycles. The Labute approximate surface area is 126 Å². The number of piperazine rings is 1. The fourth-order valence-corrected chi connectivity index (χ4v) is 2.67. The zero-order valence-electron chi connectivity index (χ0n) is 13.6. The summed E-state index contributed by atoms with van der Waals surface area (Å²) < 4.78 is 1.90. The Hall–Kier alpha value is -1.40. The van der Waals surface area contributed by atoms with Crippen molar-refractivity contribution >= 4 is 5.91 Å². The van der Waals surface area contributed by atoms with E-state index in [9.17, 15) is 4.79 Å². The lowest BCUT2D eigenvalue weighted by Crippen LogP contribution is -2.46. The smallest absolute Gasteiger partial charge is 0.254 e. The van der Waals surface area contributed by atoms with Crippen LogP contribution in [0.15, 0.2) is 6.20 Å². The van der Waals surface area contributed by atoms with Gasteiger partial charge in [-0.25, -0.2) is 0 Å². The summed E-state index contributed by atoms with van der Waals surface area (Å²) in [5.74, 6) is -0.0295. The maximum absolute atomic E-state index is 12.3. The summed E-state index contributed by atoms with van der Waals surface area (Å²) in [6, 6.07) is 0. The summed E-state index contributed by atoms with van der Waals surface area (Å²) in [5, 5.41) is 10.7. The lowest BCUT2D eigenvalue weighted by Gasteiger charge is -2.27. The molecule has 1 fully saturated rings. The number of nitrogens with one attached hydrogen (secondary N) is 2. The normalized spacial score (nSPS) is 17.0. The van der Waals surface area contributed by atoms with Crippen LogP contribution in [0.4, 0.5) is 0 Å². The van der Waals surface area contributed by atoms with Gasteiger partial charge in [-0.1, -0.05) is 0 Å². The van der Waals surface area contributed by atoms with Gasteiger partial charge in [-0.3, -0.25) is 14.4 Å². The van der Waals surface area contributed by atoms with Crippen LogP contribution in [0, 0.1) is 6.92 Å². The van der Waals surface area contributed by atoms with E-state index in [1.54, 1.807) is 6.20 Å². The molecule has 1 aliphatic rings. The Morgan fingerprint density at radius 1 is 1.38 bits per heavy atom. The Balaban J connectivity index is 1.87. The van der Waals surface area contributed by atoms with Gasteiger partial charge in [0.2, 0.25) is 0 Å². The van der Waals surface area contributed by atoms with Crippen LogP contribution in [0.2, 0.25) is 0 Å². The molecule has 0 saturated carbocycles. The number of carbonyl (C=O) groups excluding carboxylic acids is 1. The molecule has 0 bridgehead atoms. The molecule has 0 radical (unpaired) electrons. The van der Waals surface area contributed by atoms with Crippen molar-refractivity contribution in [2.24, 2.45) is 0 Å². The number of amides is 1. The number of carbonyl (C=O) groups is 1. The monoisotopic (exact) mass is 293 g/mol. The van der Waals surface area contributed by atoms with Gasteiger partial charge in [0.25, 0.3) is 5.91 Å². The first-order valence-corrected chi connectivity index (χ1v) is 7.66. The molecule has 1 amide bonds. The number of hydrogen-bond donors (Lipinski definition) is 2. The lowest BCUT2D eigenvalue weighted by molar-refractivity contribution is 0.0946. The Kier molecular flexibility index (Phi) is 5.00. The van der Waals surface area contributed by atoms with Gasteiger partial charge in [-0.05, 0) is 27.7 Å². The SMILES string of the molecule is Cc1c(C(=O)NCCN2CCNCC2)cnn1C(C)(C)C. The minimum atomic E-state index is -0.108. The second-order valence-electron chi connectivity index (χ2n) is 6.57. The summed E-state index contributed by atoms with van der Waals surface area (Å²) >= 11 is 0. The van der Waals surface area contributed by atoms with E-state index in [0.717, 1.165) is 38.4 Å². The molecule has 21 heavy (non-hydrogen) atoms. The molecule has 118 valence electrons. The van der Waals surface area contributed by atoms with E-state index in [-0.39, 0.29) is 11.4 Å². The standard InChI is InChI=1S/C15H27N5O/c1-12-13(11-18-20(12)15(2,3)4)14(21)17-7-10-19-8-5-16-6-9-19/h11,16H,5-10H2,1-4H3,(H,17,21). The van der Waals surface area contributed by atoms with E-state index in [0.29, 0.717) is 12.1 Å². The van der Waals surface area contributed by atoms with Crippen molar-refractivity contribution in [3.63, 3.8) is 0 Å². The summed E-state index contributed by atoms with van der Waals surface area (Å²) in [6.45, 7) is 13.9. The highest BCUT2D eigenvalue weighted by atomic mass is 16.1. The van der Waals surface area contributed by atoms with E-state index in [1.165, 1.54) is 0 Å². The molecule has 1 saturated heterocycles. The van der Waals surface area contributed by atoms with Crippen molar-refractivity contribution in [2.75, 3.05) is 39.3 Å². The topological polar surface area (TPSA) is 62.2 Å². The fraction of sp³-hybridized carbons (Fsp3) is 0.733. The van der Waals surface area contributed by atoms with Crippen LogP contribution in [0.1, 0.15) is 36.8 Å². The first-order valence-electron chi connectivity index (χ1n) is 7.66. The van der Waals surface area contributed by atoms with Gasteiger partial charge >= 0.3 is 0 Å². The van der Waals surface area contributed by atoms with Crippen molar-refractivity contribution in [1.29, 1.82) is 0 Å². The van der Waals surface area contributed by atoms with Crippen LogP contribution >= 0.6 is 0 Å². The Morgan fingerprint density at radius 2 is 2.05 bits per heavy atom. The molecule has 6 nitrogen and oxygen atoms in total. The van der Waals surface area contributed by atoms with Crippen molar-refractivity contribution in [3.8, 4) is 0 Å². The molecule has 0 aromatic carbocycles. The molecular formula is C15H27N5O. The van der Waals surface area contributed by atoms with Gasteiger partial charge in [-0.2, -0.15) is 5.10 Å². The molecule has 2 rings (SSSR count). The van der Waals surface area contributed by atoms with Crippen LogP contribution in [0.25, 0.3) is 0 Å². The predicted molar refractivity (Wildman–Crippen MR) is 83.6 cm³/mol. The number of aromatic nitrogens is 2. The molecule has 0 aliphatic carbocycles. The third kappa shape index (κ3) is 4.04. The van der Waals surface area contributed by atoms with Crippen molar-refractivity contribution in [2.45, 2.75) is 33.2 Å². The van der Waals surface area contributed by atoms with Gasteiger partial charge < -0.3 is 10.6 Å². The van der Waals surface area contributed by atoms with Crippen LogP contribution in [0.5, 0.6) is 0 Å². The van der Waals surface area contributed by atoms with Crippen molar-refractivity contribution in [3.05, 3.63) is 17.5 Å². The van der Waals surface area contributed by atoms with Gasteiger partial charge in [0.05, 0.1) is 17.3 Å². The van der Waals surface area contributed by atoms with Gasteiger partial charge in [-0.15, -0.1) is 0 Å². The number of nitrogens with zero attached hydrogens (tertiary/aromatic N) is 3. The van der Waals surface area contributed by atoms with Crippen LogP contribution < -0.4 is 10.6 Å². The van der Waals surface area contributed by atoms with Gasteiger partial charge in [0.15, 0.2) is 0 Å². The first kappa shape index (κ1) is 16.0. The minimum Gasteiger partial charge on any atom is -0.351 e. The molecule has 1 aromatic heterocycles. The average molecular weight is 293 g/mol. The van der Waals surface area contributed by atoms with E-state index < -0.39 is 0 Å². The van der Waals surface area contributed by atoms with E-state index >= 15 is 0 Å². The predicted octanol–water partition coefficient (Wildman–Crippen LogP) is 0.582. The van der Waals surface area contributed by atoms with Gasteiger partial charge in [0, 0.05) is 45.0 Å². The largest absolute Gasteiger partial charge is 0.351 e. The molecule has 0 unspecified atom stereocenters. The Morgan fingerprint density at radius 3 is 2.62 bits per heavy atom. The summed E-state index contributed by atoms with van der Waals surface area (Å²) in [5.41, 5.74) is 1.48. The second kappa shape index (κ2) is 6.58. The number of hydrogen-bond acceptors (Lipinski definition) is 4. The average Bonchev–Trinajstić information content (AvgIpc) is 2.81. The fourth-order valence-electron chi connectivity index (χ4n) is 2.67. The molecule has 6 heteroatoms. The second-order valence-corrected chi connectivity index (χ2v) is 6.57.